The molecule has 28 heavy (non-hydrogen) atoms. The largest absolute Gasteiger partial charge is 0.466 e. The van der Waals surface area contributed by atoms with Gasteiger partial charge >= 0.3 is 11.9 Å². The first-order chi connectivity index (χ1) is 13.0. The highest BCUT2D eigenvalue weighted by atomic mass is 16.5. The molecule has 3 atom stereocenters. The highest BCUT2D eigenvalue weighted by Crippen LogP contribution is 2.59. The number of allylic oxidation sites excluding steroid dienone is 2. The summed E-state index contributed by atoms with van der Waals surface area (Å²) in [6, 6.07) is 0. The SMILES string of the molecule is COC(=O)/C=C(/CC[C@@H]1C(C)=CC(=O)[C@@H]2C(C)(C)CCC[C@@]12C)COC(C)=O. The Labute approximate surface area is 168 Å². The van der Waals surface area contributed by atoms with Crippen LogP contribution in [0.1, 0.15) is 66.7 Å². The number of ether oxygens (including phenoxy) is 2. The molecule has 0 radical (unpaired) electrons. The van der Waals surface area contributed by atoms with E-state index in [0.29, 0.717) is 6.42 Å². The third-order valence-electron chi connectivity index (χ3n) is 6.72. The number of fused-ring (bicyclic) bond motifs is 1. The molecule has 2 aliphatic rings. The van der Waals surface area contributed by atoms with Crippen LogP contribution in [-0.2, 0) is 23.9 Å². The normalized spacial score (nSPS) is 29.6. The third kappa shape index (κ3) is 4.73. The molecule has 0 N–H and O–H groups in total. The summed E-state index contributed by atoms with van der Waals surface area (Å²) in [6.07, 6.45) is 7.90. The van der Waals surface area contributed by atoms with Gasteiger partial charge in [0.2, 0.25) is 0 Å². The molecule has 0 amide bonds. The van der Waals surface area contributed by atoms with Crippen molar-refractivity contribution in [3.05, 3.63) is 23.3 Å². The van der Waals surface area contributed by atoms with Crippen molar-refractivity contribution in [3.63, 3.8) is 0 Å². The molecule has 0 saturated heterocycles. The predicted molar refractivity (Wildman–Crippen MR) is 107 cm³/mol. The van der Waals surface area contributed by atoms with Crippen LogP contribution in [0.5, 0.6) is 0 Å². The zero-order valence-corrected chi connectivity index (χ0v) is 18.1. The van der Waals surface area contributed by atoms with Crippen molar-refractivity contribution in [1.82, 2.24) is 0 Å². The standard InChI is InChI=1S/C23H34O5/c1-15-12-19(25)21-22(3,4)10-7-11-23(21,5)18(15)9-8-17(13-20(26)27-6)14-28-16(2)24/h12-13,18,21H,7-11,14H2,1-6H3/b17-13-/t18-,21-,23+/m1/s1. The van der Waals surface area contributed by atoms with Crippen LogP contribution in [0.3, 0.4) is 0 Å². The quantitative estimate of drug-likeness (QED) is 0.496. The highest BCUT2D eigenvalue weighted by Gasteiger charge is 2.55. The minimum atomic E-state index is -0.448. The monoisotopic (exact) mass is 390 g/mol. The van der Waals surface area contributed by atoms with Gasteiger partial charge in [-0.2, -0.15) is 0 Å². The summed E-state index contributed by atoms with van der Waals surface area (Å²) in [7, 11) is 1.33. The van der Waals surface area contributed by atoms with Crippen LogP contribution in [0.15, 0.2) is 23.3 Å². The van der Waals surface area contributed by atoms with Gasteiger partial charge in [-0.3, -0.25) is 9.59 Å². The van der Waals surface area contributed by atoms with Crippen LogP contribution in [0.4, 0.5) is 0 Å². The maximum absolute atomic E-state index is 12.9. The molecule has 5 heteroatoms. The van der Waals surface area contributed by atoms with Gasteiger partial charge in [0.15, 0.2) is 5.78 Å². The molecule has 0 aromatic carbocycles. The maximum Gasteiger partial charge on any atom is 0.330 e. The van der Waals surface area contributed by atoms with E-state index < -0.39 is 5.97 Å². The summed E-state index contributed by atoms with van der Waals surface area (Å²) < 4.78 is 9.85. The van der Waals surface area contributed by atoms with Crippen LogP contribution >= 0.6 is 0 Å². The molecule has 0 aliphatic heterocycles. The number of ketones is 1. The number of hydrogen-bond acceptors (Lipinski definition) is 5. The molecule has 1 saturated carbocycles. The van der Waals surface area contributed by atoms with Crippen molar-refractivity contribution < 1.29 is 23.9 Å². The van der Waals surface area contributed by atoms with E-state index in [1.807, 2.05) is 13.0 Å². The molecule has 156 valence electrons. The van der Waals surface area contributed by atoms with Crippen LogP contribution in [0, 0.1) is 22.7 Å². The second kappa shape index (κ2) is 8.62. The molecule has 2 rings (SSSR count). The molecule has 0 unspecified atom stereocenters. The molecular weight excluding hydrogens is 356 g/mol. The Morgan fingerprint density at radius 2 is 1.93 bits per heavy atom. The van der Waals surface area contributed by atoms with Crippen LogP contribution in [0.25, 0.3) is 0 Å². The van der Waals surface area contributed by atoms with Crippen LogP contribution < -0.4 is 0 Å². The average Bonchev–Trinajstić information content (AvgIpc) is 2.57. The smallest absolute Gasteiger partial charge is 0.330 e. The second-order valence-corrected chi connectivity index (χ2v) is 9.27. The molecule has 1 fully saturated rings. The minimum Gasteiger partial charge on any atom is -0.466 e. The van der Waals surface area contributed by atoms with E-state index in [1.54, 1.807) is 0 Å². The summed E-state index contributed by atoms with van der Waals surface area (Å²) in [5.41, 5.74) is 1.76. The minimum absolute atomic E-state index is 0.0119. The zero-order valence-electron chi connectivity index (χ0n) is 18.1. The van der Waals surface area contributed by atoms with Crippen molar-refractivity contribution in [3.8, 4) is 0 Å². The lowest BCUT2D eigenvalue weighted by molar-refractivity contribution is -0.141. The van der Waals surface area contributed by atoms with Gasteiger partial charge in [-0.05, 0) is 61.0 Å². The molecule has 0 spiro atoms. The fourth-order valence-electron chi connectivity index (χ4n) is 5.61. The van der Waals surface area contributed by atoms with Crippen molar-refractivity contribution in [2.75, 3.05) is 13.7 Å². The summed E-state index contributed by atoms with van der Waals surface area (Å²) in [5, 5.41) is 0. The number of methoxy groups -OCH3 is 1. The van der Waals surface area contributed by atoms with Gasteiger partial charge in [-0.25, -0.2) is 4.79 Å². The van der Waals surface area contributed by atoms with Gasteiger partial charge in [0.05, 0.1) is 7.11 Å². The number of esters is 2. The van der Waals surface area contributed by atoms with Crippen molar-refractivity contribution in [2.45, 2.75) is 66.7 Å². The topological polar surface area (TPSA) is 69.7 Å². The molecule has 0 aromatic heterocycles. The van der Waals surface area contributed by atoms with E-state index in [4.69, 9.17) is 9.47 Å². The summed E-state index contributed by atoms with van der Waals surface area (Å²) in [5.74, 6) is -0.296. The fourth-order valence-corrected chi connectivity index (χ4v) is 5.61. The summed E-state index contributed by atoms with van der Waals surface area (Å²) >= 11 is 0. The van der Waals surface area contributed by atoms with Crippen LogP contribution in [0.2, 0.25) is 0 Å². The van der Waals surface area contributed by atoms with Crippen molar-refractivity contribution in [2.24, 2.45) is 22.7 Å². The Hall–Kier alpha value is -1.91. The number of hydrogen-bond donors (Lipinski definition) is 0. The van der Waals surface area contributed by atoms with Gasteiger partial charge in [0.1, 0.15) is 6.61 Å². The lowest BCUT2D eigenvalue weighted by Crippen LogP contribution is -2.52. The Morgan fingerprint density at radius 3 is 2.54 bits per heavy atom. The number of carbonyl (C=O) groups is 3. The van der Waals surface area contributed by atoms with Crippen molar-refractivity contribution in [1.29, 1.82) is 0 Å². The van der Waals surface area contributed by atoms with Gasteiger partial charge in [-0.15, -0.1) is 0 Å². The van der Waals surface area contributed by atoms with Crippen LogP contribution in [-0.4, -0.2) is 31.4 Å². The Balaban J connectivity index is 2.25. The third-order valence-corrected chi connectivity index (χ3v) is 6.72. The molecule has 0 bridgehead atoms. The number of rotatable bonds is 6. The van der Waals surface area contributed by atoms with Gasteiger partial charge in [0.25, 0.3) is 0 Å². The Bertz CT molecular complexity index is 700. The fraction of sp³-hybridized carbons (Fsp3) is 0.696. The van der Waals surface area contributed by atoms with Crippen molar-refractivity contribution >= 4 is 17.7 Å². The van der Waals surface area contributed by atoms with E-state index in [-0.39, 0.29) is 41.0 Å². The lowest BCUT2D eigenvalue weighted by Gasteiger charge is -2.55. The summed E-state index contributed by atoms with van der Waals surface area (Å²) in [6.45, 7) is 10.2. The molecule has 5 nitrogen and oxygen atoms in total. The van der Waals surface area contributed by atoms with E-state index in [0.717, 1.165) is 36.8 Å². The van der Waals surface area contributed by atoms with Gasteiger partial charge in [0, 0.05) is 18.9 Å². The summed E-state index contributed by atoms with van der Waals surface area (Å²) in [4.78, 5) is 35.8. The predicted octanol–water partition coefficient (Wildman–Crippen LogP) is 4.41. The lowest BCUT2D eigenvalue weighted by atomic mass is 9.48. The second-order valence-electron chi connectivity index (χ2n) is 9.27. The first-order valence-corrected chi connectivity index (χ1v) is 10.1. The van der Waals surface area contributed by atoms with E-state index in [2.05, 4.69) is 20.8 Å². The first kappa shape index (κ1) is 22.4. The Kier molecular flexibility index (Phi) is 6.89. The zero-order chi connectivity index (χ0) is 21.1. The maximum atomic E-state index is 12.9. The van der Waals surface area contributed by atoms with E-state index >= 15 is 0 Å². The molecule has 0 aromatic rings. The average molecular weight is 391 g/mol. The molecular formula is C23H34O5. The molecule has 0 heterocycles. The van der Waals surface area contributed by atoms with Gasteiger partial charge < -0.3 is 9.47 Å². The van der Waals surface area contributed by atoms with E-state index in [1.165, 1.54) is 20.1 Å². The van der Waals surface area contributed by atoms with Gasteiger partial charge in [-0.1, -0.05) is 32.8 Å². The highest BCUT2D eigenvalue weighted by molar-refractivity contribution is 5.95. The van der Waals surface area contributed by atoms with E-state index in [9.17, 15) is 14.4 Å². The number of carbonyl (C=O) groups excluding carboxylic acids is 3. The molecule has 2 aliphatic carbocycles. The first-order valence-electron chi connectivity index (χ1n) is 10.1. The Morgan fingerprint density at radius 1 is 1.25 bits per heavy atom.